The third-order valence-corrected chi connectivity index (χ3v) is 3.04. The van der Waals surface area contributed by atoms with Gasteiger partial charge in [0.1, 0.15) is 18.0 Å². The number of aromatic nitrogens is 2. The highest BCUT2D eigenvalue weighted by atomic mass is 127. The molecule has 0 radical (unpaired) electrons. The lowest BCUT2D eigenvalue weighted by atomic mass is 10.2. The van der Waals surface area contributed by atoms with Crippen LogP contribution < -0.4 is 10.6 Å². The average Bonchev–Trinajstić information content (AvgIpc) is 2.30. The minimum atomic E-state index is 0.222. The summed E-state index contributed by atoms with van der Waals surface area (Å²) in [4.78, 5) is 10.3. The van der Waals surface area contributed by atoms with Gasteiger partial charge in [-0.1, -0.05) is 5.16 Å². The molecule has 0 fully saturated rings. The van der Waals surface area contributed by atoms with Crippen LogP contribution in [0.25, 0.3) is 0 Å². The van der Waals surface area contributed by atoms with E-state index in [-0.39, 0.29) is 11.9 Å². The fourth-order valence-corrected chi connectivity index (χ4v) is 2.02. The van der Waals surface area contributed by atoms with Crippen LogP contribution in [0.1, 0.15) is 20.3 Å². The molecule has 3 N–H and O–H groups in total. The maximum atomic E-state index is 8.53. The number of nitrogens with two attached hydrogens (primary N) is 1. The van der Waals surface area contributed by atoms with Crippen molar-refractivity contribution in [2.75, 3.05) is 11.4 Å². The summed E-state index contributed by atoms with van der Waals surface area (Å²) in [6, 6.07) is 0.282. The fourth-order valence-electron chi connectivity index (χ4n) is 1.41. The van der Waals surface area contributed by atoms with Gasteiger partial charge >= 0.3 is 0 Å². The summed E-state index contributed by atoms with van der Waals surface area (Å²) in [7, 11) is 0. The standard InChI is InChI=1S/C10H16IN5O/c1-7(2)16(4-3-9(12)15-17)10-8(11)5-13-6-14-10/h5-7,17H,3-4H2,1-2H3,(H2,12,15). The summed E-state index contributed by atoms with van der Waals surface area (Å²) in [5.74, 6) is 1.10. The smallest absolute Gasteiger partial charge is 0.145 e. The van der Waals surface area contributed by atoms with Crippen molar-refractivity contribution in [1.82, 2.24) is 9.97 Å². The first-order chi connectivity index (χ1) is 8.06. The topological polar surface area (TPSA) is 87.6 Å². The first kappa shape index (κ1) is 13.9. The SMILES string of the molecule is CC(C)N(CCC(N)=NO)c1ncncc1I. The molecule has 0 saturated heterocycles. The monoisotopic (exact) mass is 349 g/mol. The number of amidine groups is 1. The summed E-state index contributed by atoms with van der Waals surface area (Å²) in [6.45, 7) is 4.80. The molecule has 1 aromatic rings. The molecule has 0 bridgehead atoms. The minimum absolute atomic E-state index is 0.222. The Morgan fingerprint density at radius 1 is 1.65 bits per heavy atom. The highest BCUT2D eigenvalue weighted by Gasteiger charge is 2.15. The van der Waals surface area contributed by atoms with Crippen molar-refractivity contribution >= 4 is 34.2 Å². The summed E-state index contributed by atoms with van der Waals surface area (Å²) >= 11 is 2.20. The van der Waals surface area contributed by atoms with E-state index in [1.165, 1.54) is 6.33 Å². The number of rotatable bonds is 5. The Labute approximate surface area is 114 Å². The highest BCUT2D eigenvalue weighted by molar-refractivity contribution is 14.1. The zero-order valence-corrected chi connectivity index (χ0v) is 12.0. The van der Waals surface area contributed by atoms with Crippen LogP contribution in [0.3, 0.4) is 0 Å². The van der Waals surface area contributed by atoms with E-state index in [1.54, 1.807) is 6.20 Å². The second-order valence-electron chi connectivity index (χ2n) is 3.82. The van der Waals surface area contributed by atoms with Crippen molar-refractivity contribution < 1.29 is 5.21 Å². The van der Waals surface area contributed by atoms with Gasteiger partial charge in [-0.05, 0) is 36.4 Å². The van der Waals surface area contributed by atoms with Crippen molar-refractivity contribution in [3.05, 3.63) is 16.1 Å². The van der Waals surface area contributed by atoms with Crippen LogP contribution in [0.4, 0.5) is 5.82 Å². The molecule has 0 aliphatic carbocycles. The second kappa shape index (κ2) is 6.58. The molecule has 0 spiro atoms. The zero-order valence-electron chi connectivity index (χ0n) is 9.84. The van der Waals surface area contributed by atoms with Crippen LogP contribution in [-0.4, -0.2) is 33.6 Å². The molecular formula is C10H16IN5O. The lowest BCUT2D eigenvalue weighted by Crippen LogP contribution is -2.35. The zero-order chi connectivity index (χ0) is 12.8. The normalized spacial score (nSPS) is 11.9. The Hall–Kier alpha value is -1.12. The van der Waals surface area contributed by atoms with Crippen molar-refractivity contribution in [2.45, 2.75) is 26.3 Å². The van der Waals surface area contributed by atoms with E-state index in [1.807, 2.05) is 0 Å². The van der Waals surface area contributed by atoms with Gasteiger partial charge in [-0.25, -0.2) is 9.97 Å². The van der Waals surface area contributed by atoms with Crippen molar-refractivity contribution in [1.29, 1.82) is 0 Å². The summed E-state index contributed by atoms with van der Waals surface area (Å²) in [5, 5.41) is 11.5. The molecule has 1 heterocycles. The van der Waals surface area contributed by atoms with E-state index in [4.69, 9.17) is 10.9 Å². The predicted molar refractivity (Wildman–Crippen MR) is 75.3 cm³/mol. The first-order valence-corrected chi connectivity index (χ1v) is 6.32. The molecule has 0 unspecified atom stereocenters. The van der Waals surface area contributed by atoms with Crippen molar-refractivity contribution in [2.24, 2.45) is 10.9 Å². The number of hydrogen-bond acceptors (Lipinski definition) is 5. The highest BCUT2D eigenvalue weighted by Crippen LogP contribution is 2.20. The van der Waals surface area contributed by atoms with Crippen LogP contribution in [0.2, 0.25) is 0 Å². The van der Waals surface area contributed by atoms with Gasteiger partial charge in [0, 0.05) is 25.2 Å². The number of hydrogen-bond donors (Lipinski definition) is 2. The molecule has 17 heavy (non-hydrogen) atoms. The molecular weight excluding hydrogens is 333 g/mol. The van der Waals surface area contributed by atoms with E-state index in [2.05, 4.69) is 56.5 Å². The van der Waals surface area contributed by atoms with E-state index < -0.39 is 0 Å². The largest absolute Gasteiger partial charge is 0.409 e. The number of halogens is 1. The van der Waals surface area contributed by atoms with E-state index in [9.17, 15) is 0 Å². The third kappa shape index (κ3) is 3.99. The Kier molecular flexibility index (Phi) is 5.39. The quantitative estimate of drug-likeness (QED) is 0.276. The summed E-state index contributed by atoms with van der Waals surface area (Å²) in [5.41, 5.74) is 5.48. The van der Waals surface area contributed by atoms with Crippen molar-refractivity contribution in [3.8, 4) is 0 Å². The van der Waals surface area contributed by atoms with Gasteiger partial charge in [-0.2, -0.15) is 0 Å². The molecule has 0 saturated carbocycles. The van der Waals surface area contributed by atoms with Gasteiger partial charge in [-0.3, -0.25) is 0 Å². The molecule has 94 valence electrons. The Morgan fingerprint density at radius 3 is 2.88 bits per heavy atom. The van der Waals surface area contributed by atoms with E-state index >= 15 is 0 Å². The lowest BCUT2D eigenvalue weighted by molar-refractivity contribution is 0.317. The van der Waals surface area contributed by atoms with Crippen LogP contribution in [0.5, 0.6) is 0 Å². The third-order valence-electron chi connectivity index (χ3n) is 2.28. The first-order valence-electron chi connectivity index (χ1n) is 5.24. The van der Waals surface area contributed by atoms with Gasteiger partial charge in [0.2, 0.25) is 0 Å². The molecule has 0 aliphatic heterocycles. The van der Waals surface area contributed by atoms with Crippen LogP contribution >= 0.6 is 22.6 Å². The molecule has 0 amide bonds. The van der Waals surface area contributed by atoms with Gasteiger partial charge in [0.05, 0.1) is 3.57 Å². The summed E-state index contributed by atoms with van der Waals surface area (Å²) in [6.07, 6.45) is 3.78. The second-order valence-corrected chi connectivity index (χ2v) is 4.98. The van der Waals surface area contributed by atoms with Crippen LogP contribution in [0, 0.1) is 3.57 Å². The van der Waals surface area contributed by atoms with E-state index in [0.717, 1.165) is 9.39 Å². The maximum absolute atomic E-state index is 8.53. The molecule has 0 aliphatic rings. The van der Waals surface area contributed by atoms with Gasteiger partial charge in [0.15, 0.2) is 0 Å². The number of anilines is 1. The molecule has 0 aromatic carbocycles. The van der Waals surface area contributed by atoms with Gasteiger partial charge in [0.25, 0.3) is 0 Å². The van der Waals surface area contributed by atoms with Gasteiger partial charge < -0.3 is 15.8 Å². The summed E-state index contributed by atoms with van der Waals surface area (Å²) < 4.78 is 0.985. The molecule has 1 rings (SSSR count). The Balaban J connectivity index is 2.83. The predicted octanol–water partition coefficient (Wildman–Crippen LogP) is 1.43. The molecule has 0 atom stereocenters. The minimum Gasteiger partial charge on any atom is -0.409 e. The Bertz CT molecular complexity index is 396. The molecule has 6 nitrogen and oxygen atoms in total. The molecule has 1 aromatic heterocycles. The Morgan fingerprint density at radius 2 is 2.35 bits per heavy atom. The molecule has 7 heteroatoms. The number of nitrogens with zero attached hydrogens (tertiary/aromatic N) is 4. The van der Waals surface area contributed by atoms with Crippen LogP contribution in [-0.2, 0) is 0 Å². The number of oxime groups is 1. The van der Waals surface area contributed by atoms with Crippen molar-refractivity contribution in [3.63, 3.8) is 0 Å². The average molecular weight is 349 g/mol. The maximum Gasteiger partial charge on any atom is 0.145 e. The fraction of sp³-hybridized carbons (Fsp3) is 0.500. The van der Waals surface area contributed by atoms with Crippen LogP contribution in [0.15, 0.2) is 17.7 Å². The van der Waals surface area contributed by atoms with Gasteiger partial charge in [-0.15, -0.1) is 0 Å². The lowest BCUT2D eigenvalue weighted by Gasteiger charge is -2.28. The van der Waals surface area contributed by atoms with E-state index in [0.29, 0.717) is 13.0 Å².